The lowest BCUT2D eigenvalue weighted by molar-refractivity contribution is -0.119. The third-order valence-electron chi connectivity index (χ3n) is 3.37. The van der Waals surface area contributed by atoms with Crippen LogP contribution in [0.25, 0.3) is 11.5 Å². The Hall–Kier alpha value is -1.89. The molecule has 2 aromatic heterocycles. The summed E-state index contributed by atoms with van der Waals surface area (Å²) in [5.74, 6) is 3.19. The molecule has 0 aromatic carbocycles. The normalized spacial score (nSPS) is 15.5. The number of nitrogens with zero attached hydrogens (tertiary/aromatic N) is 3. The van der Waals surface area contributed by atoms with E-state index in [0.29, 0.717) is 23.2 Å². The molecule has 6 nitrogen and oxygen atoms in total. The topological polar surface area (TPSA) is 80.9 Å². The molecule has 116 valence electrons. The number of carbonyl (C=O) groups excluding carboxylic acids is 1. The molecule has 0 saturated heterocycles. The number of thioether (sulfide) groups is 1. The van der Waals surface area contributed by atoms with E-state index in [4.69, 9.17) is 4.52 Å². The predicted molar refractivity (Wildman–Crippen MR) is 84.1 cm³/mol. The summed E-state index contributed by atoms with van der Waals surface area (Å²) in [5.41, 5.74) is 0.649. The minimum absolute atomic E-state index is 0.00395. The van der Waals surface area contributed by atoms with Crippen LogP contribution in [0.1, 0.15) is 31.7 Å². The average molecular weight is 318 g/mol. The van der Waals surface area contributed by atoms with Gasteiger partial charge in [-0.2, -0.15) is 16.7 Å². The molecule has 0 unspecified atom stereocenters. The zero-order chi connectivity index (χ0) is 15.4. The molecule has 2 heterocycles. The average Bonchev–Trinajstić information content (AvgIpc) is 3.21. The van der Waals surface area contributed by atoms with E-state index in [1.54, 1.807) is 18.0 Å². The molecular formula is C15H18N4O2S. The third kappa shape index (κ3) is 4.07. The Balaban J connectivity index is 1.52. The standard InChI is InChI=1S/C15H18N4O2S/c1-10(17-13(20)9-22-8-11-5-6-11)15-18-14(19-21-15)12-4-2-3-7-16-12/h2-4,7,10-11H,5-6,8-9H2,1H3,(H,17,20)/t10-/m0/s1. The molecule has 22 heavy (non-hydrogen) atoms. The lowest BCUT2D eigenvalue weighted by Crippen LogP contribution is -2.28. The fraction of sp³-hybridized carbons (Fsp3) is 0.467. The minimum Gasteiger partial charge on any atom is -0.344 e. The van der Waals surface area contributed by atoms with Gasteiger partial charge in [0.15, 0.2) is 0 Å². The van der Waals surface area contributed by atoms with Crippen LogP contribution < -0.4 is 5.32 Å². The Labute approximate surface area is 133 Å². The first-order valence-corrected chi connectivity index (χ1v) is 8.50. The van der Waals surface area contributed by atoms with Gasteiger partial charge in [-0.15, -0.1) is 0 Å². The second-order valence-electron chi connectivity index (χ2n) is 5.42. The first-order chi connectivity index (χ1) is 10.7. The van der Waals surface area contributed by atoms with Crippen molar-refractivity contribution in [1.29, 1.82) is 0 Å². The first-order valence-electron chi connectivity index (χ1n) is 7.34. The Kier molecular flexibility index (Phi) is 4.72. The summed E-state index contributed by atoms with van der Waals surface area (Å²) in [6.07, 6.45) is 4.29. The monoisotopic (exact) mass is 318 g/mol. The quantitative estimate of drug-likeness (QED) is 0.844. The van der Waals surface area contributed by atoms with E-state index >= 15 is 0 Å². The molecule has 1 aliphatic carbocycles. The van der Waals surface area contributed by atoms with Gasteiger partial charge in [-0.3, -0.25) is 9.78 Å². The van der Waals surface area contributed by atoms with Crippen molar-refractivity contribution in [1.82, 2.24) is 20.4 Å². The molecule has 0 radical (unpaired) electrons. The maximum Gasteiger partial charge on any atom is 0.249 e. The van der Waals surface area contributed by atoms with E-state index in [0.717, 1.165) is 11.7 Å². The third-order valence-corrected chi connectivity index (χ3v) is 4.54. The van der Waals surface area contributed by atoms with Gasteiger partial charge in [-0.1, -0.05) is 11.2 Å². The molecule has 1 saturated carbocycles. The number of carbonyl (C=O) groups is 1. The molecular weight excluding hydrogens is 300 g/mol. The Morgan fingerprint density at radius 3 is 3.09 bits per heavy atom. The molecule has 3 rings (SSSR count). The molecule has 1 amide bonds. The number of amides is 1. The molecule has 1 aliphatic rings. The second kappa shape index (κ2) is 6.91. The molecule has 0 bridgehead atoms. The highest BCUT2D eigenvalue weighted by Gasteiger charge is 2.22. The van der Waals surface area contributed by atoms with Crippen LogP contribution in [-0.4, -0.2) is 32.5 Å². The SMILES string of the molecule is C[C@H](NC(=O)CSCC1CC1)c1nc(-c2ccccn2)no1. The largest absolute Gasteiger partial charge is 0.344 e. The van der Waals surface area contributed by atoms with Crippen LogP contribution in [0.15, 0.2) is 28.9 Å². The van der Waals surface area contributed by atoms with Crippen molar-refractivity contribution in [3.8, 4) is 11.5 Å². The maximum atomic E-state index is 11.9. The van der Waals surface area contributed by atoms with Crippen molar-refractivity contribution in [2.45, 2.75) is 25.8 Å². The van der Waals surface area contributed by atoms with E-state index < -0.39 is 0 Å². The van der Waals surface area contributed by atoms with Gasteiger partial charge < -0.3 is 9.84 Å². The van der Waals surface area contributed by atoms with Crippen LogP contribution in [0.5, 0.6) is 0 Å². The van der Waals surface area contributed by atoms with Gasteiger partial charge in [0, 0.05) is 6.20 Å². The van der Waals surface area contributed by atoms with Crippen LogP contribution in [0.4, 0.5) is 0 Å². The van der Waals surface area contributed by atoms with E-state index in [1.807, 2.05) is 25.1 Å². The highest BCUT2D eigenvalue weighted by Crippen LogP contribution is 2.32. The molecule has 0 spiro atoms. The second-order valence-corrected chi connectivity index (χ2v) is 6.45. The Morgan fingerprint density at radius 1 is 1.50 bits per heavy atom. The van der Waals surface area contributed by atoms with Crippen molar-refractivity contribution in [3.63, 3.8) is 0 Å². The smallest absolute Gasteiger partial charge is 0.249 e. The zero-order valence-electron chi connectivity index (χ0n) is 12.4. The van der Waals surface area contributed by atoms with Crippen LogP contribution in [0.2, 0.25) is 0 Å². The molecule has 1 fully saturated rings. The van der Waals surface area contributed by atoms with Crippen molar-refractivity contribution in [2.24, 2.45) is 5.92 Å². The van der Waals surface area contributed by atoms with Crippen LogP contribution in [0.3, 0.4) is 0 Å². The van der Waals surface area contributed by atoms with Gasteiger partial charge in [-0.05, 0) is 43.6 Å². The molecule has 1 N–H and O–H groups in total. The minimum atomic E-state index is -0.306. The Bertz CT molecular complexity index is 627. The van der Waals surface area contributed by atoms with Gasteiger partial charge in [0.05, 0.1) is 5.75 Å². The van der Waals surface area contributed by atoms with Gasteiger partial charge >= 0.3 is 0 Å². The number of nitrogens with one attached hydrogen (secondary N) is 1. The van der Waals surface area contributed by atoms with Crippen LogP contribution in [0, 0.1) is 5.92 Å². The number of hydrogen-bond donors (Lipinski definition) is 1. The van der Waals surface area contributed by atoms with Gasteiger partial charge in [0.1, 0.15) is 11.7 Å². The van der Waals surface area contributed by atoms with Crippen molar-refractivity contribution >= 4 is 17.7 Å². The number of pyridine rings is 1. The summed E-state index contributed by atoms with van der Waals surface area (Å²) >= 11 is 1.68. The zero-order valence-corrected chi connectivity index (χ0v) is 13.2. The molecule has 7 heteroatoms. The van der Waals surface area contributed by atoms with Gasteiger partial charge in [-0.25, -0.2) is 0 Å². The van der Waals surface area contributed by atoms with Crippen LogP contribution in [-0.2, 0) is 4.79 Å². The lowest BCUT2D eigenvalue weighted by atomic mass is 10.3. The molecule has 0 aliphatic heterocycles. The van der Waals surface area contributed by atoms with Gasteiger partial charge in [0.2, 0.25) is 17.6 Å². The summed E-state index contributed by atoms with van der Waals surface area (Å²) in [5, 5.41) is 6.78. The highest BCUT2D eigenvalue weighted by atomic mass is 32.2. The number of rotatable bonds is 7. The highest BCUT2D eigenvalue weighted by molar-refractivity contribution is 7.99. The maximum absolute atomic E-state index is 11.9. The van der Waals surface area contributed by atoms with Crippen molar-refractivity contribution in [2.75, 3.05) is 11.5 Å². The van der Waals surface area contributed by atoms with E-state index in [-0.39, 0.29) is 11.9 Å². The fourth-order valence-electron chi connectivity index (χ4n) is 1.96. The lowest BCUT2D eigenvalue weighted by Gasteiger charge is -2.09. The summed E-state index contributed by atoms with van der Waals surface area (Å²) in [6, 6.07) is 5.19. The molecule has 1 atom stereocenters. The fourth-order valence-corrected chi connectivity index (χ4v) is 3.01. The molecule has 2 aromatic rings. The summed E-state index contributed by atoms with van der Waals surface area (Å²) in [7, 11) is 0. The first kappa shape index (κ1) is 15.0. The van der Waals surface area contributed by atoms with Crippen LogP contribution >= 0.6 is 11.8 Å². The predicted octanol–water partition coefficient (Wildman–Crippen LogP) is 2.45. The van der Waals surface area contributed by atoms with E-state index in [1.165, 1.54) is 12.8 Å². The number of aromatic nitrogens is 3. The summed E-state index contributed by atoms with van der Waals surface area (Å²) in [4.78, 5) is 20.3. The Morgan fingerprint density at radius 2 is 2.36 bits per heavy atom. The van der Waals surface area contributed by atoms with Crippen molar-refractivity contribution in [3.05, 3.63) is 30.3 Å². The summed E-state index contributed by atoms with van der Waals surface area (Å²) in [6.45, 7) is 1.83. The summed E-state index contributed by atoms with van der Waals surface area (Å²) < 4.78 is 5.21. The van der Waals surface area contributed by atoms with E-state index in [2.05, 4.69) is 20.4 Å². The number of hydrogen-bond acceptors (Lipinski definition) is 6. The van der Waals surface area contributed by atoms with Crippen molar-refractivity contribution < 1.29 is 9.32 Å². The van der Waals surface area contributed by atoms with Gasteiger partial charge in [0.25, 0.3) is 0 Å². The van der Waals surface area contributed by atoms with E-state index in [9.17, 15) is 4.79 Å².